The van der Waals surface area contributed by atoms with Crippen molar-refractivity contribution in [1.29, 1.82) is 0 Å². The molecule has 0 radical (unpaired) electrons. The van der Waals surface area contributed by atoms with Gasteiger partial charge in [-0.05, 0) is 110 Å². The maximum Gasteiger partial charge on any atom is 1.00 e. The van der Waals surface area contributed by atoms with Crippen molar-refractivity contribution < 1.29 is 110 Å². The van der Waals surface area contributed by atoms with Crippen molar-refractivity contribution in [3.05, 3.63) is 168 Å². The first kappa shape index (κ1) is 58.1. The molecule has 0 saturated carbocycles. The number of hydrogen-bond donors (Lipinski definition) is 2. The molecule has 0 amide bonds. The summed E-state index contributed by atoms with van der Waals surface area (Å²) < 4.78 is 138. The molecule has 28 heteroatoms. The summed E-state index contributed by atoms with van der Waals surface area (Å²) in [5.41, 5.74) is 14.2. The number of aryl methyl sites for hydroxylation is 2. The van der Waals surface area contributed by atoms with Gasteiger partial charge in [-0.3, -0.25) is 0 Å². The second-order valence-electron chi connectivity index (χ2n) is 16.4. The van der Waals surface area contributed by atoms with E-state index in [1.807, 2.05) is 13.8 Å². The van der Waals surface area contributed by atoms with Crippen molar-refractivity contribution in [3.8, 4) is 22.9 Å². The van der Waals surface area contributed by atoms with E-state index in [2.05, 4.69) is 30.7 Å². The van der Waals surface area contributed by atoms with Gasteiger partial charge in [0.05, 0.1) is 32.6 Å². The van der Waals surface area contributed by atoms with Crippen molar-refractivity contribution in [2.75, 3.05) is 11.5 Å². The molecule has 0 unspecified atom stereocenters. The van der Waals surface area contributed by atoms with E-state index in [9.17, 15) is 42.8 Å². The molecule has 0 bridgehead atoms. The van der Waals surface area contributed by atoms with Gasteiger partial charge in [-0.25, -0.2) is 26.2 Å². The predicted octanol–water partition coefficient (Wildman–Crippen LogP) is 2.35. The molecule has 6 aromatic carbocycles. The molecule has 4 N–H and O–H groups in total. The minimum atomic E-state index is -4.77. The first-order valence-electron chi connectivity index (χ1n) is 21.3. The van der Waals surface area contributed by atoms with E-state index in [0.29, 0.717) is 0 Å². The van der Waals surface area contributed by atoms with E-state index >= 15 is 0 Å². The van der Waals surface area contributed by atoms with E-state index in [0.717, 1.165) is 35.4 Å². The van der Waals surface area contributed by atoms with Crippen LogP contribution in [0.15, 0.2) is 186 Å². The van der Waals surface area contributed by atoms with Crippen LogP contribution in [0.4, 0.5) is 34.4 Å². The molecule has 22 nitrogen and oxygen atoms in total. The summed E-state index contributed by atoms with van der Waals surface area (Å²) >= 11 is 0. The molecular weight excluding hydrogens is 1070 g/mol. The fourth-order valence-corrected chi connectivity index (χ4v) is 10.5. The van der Waals surface area contributed by atoms with Gasteiger partial charge in [-0.15, -0.1) is 20.5 Å². The van der Waals surface area contributed by atoms with E-state index in [1.54, 1.807) is 50.2 Å². The Labute approximate surface area is 475 Å². The van der Waals surface area contributed by atoms with Gasteiger partial charge >= 0.3 is 79.4 Å². The van der Waals surface area contributed by atoms with Gasteiger partial charge in [-0.2, -0.15) is 27.0 Å². The van der Waals surface area contributed by atoms with Gasteiger partial charge in [-0.1, -0.05) is 74.5 Å². The first-order chi connectivity index (χ1) is 34.3. The van der Waals surface area contributed by atoms with Gasteiger partial charge in [0.25, 0.3) is 0 Å². The third-order valence-corrected chi connectivity index (χ3v) is 15.4. The molecule has 0 fully saturated rings. The summed E-state index contributed by atoms with van der Waals surface area (Å²) in [6, 6.07) is 34.2. The van der Waals surface area contributed by atoms with E-state index in [-0.39, 0.29) is 138 Å². The number of nitrogens with two attached hydrogens (primary N) is 2. The summed E-state index contributed by atoms with van der Waals surface area (Å²) in [4.78, 5) is -1.61. The Morgan fingerprint density at radius 1 is 0.493 bits per heavy atom. The number of aromatic nitrogens is 4. The van der Waals surface area contributed by atoms with Crippen molar-refractivity contribution >= 4 is 74.9 Å². The number of benzene rings is 6. The molecular formula is C47H40N10Na2O12S4. The van der Waals surface area contributed by atoms with Crippen LogP contribution in [0.25, 0.3) is 11.4 Å². The average molecular weight is 1110 g/mol. The van der Waals surface area contributed by atoms with E-state index in [1.165, 1.54) is 94.3 Å². The molecule has 0 aliphatic carbocycles. The molecule has 0 spiro atoms. The Morgan fingerprint density at radius 3 is 1.19 bits per heavy atom. The topological polar surface area (TPSA) is 338 Å². The predicted molar refractivity (Wildman–Crippen MR) is 263 cm³/mol. The Kier molecular flexibility index (Phi) is 17.5. The second-order valence-corrected chi connectivity index (χ2v) is 22.2. The Bertz CT molecular complexity index is 3730. The third-order valence-electron chi connectivity index (χ3n) is 11.2. The number of nitrogen functional groups attached to an aromatic ring is 2. The standard InChI is InChI=1S/C47H42N10O12S4.2Na/c1-29-43(45(48)56(54-29)33-11-9-13-37(27-33)70(58,59)60)52-50-39-15-5-7-17-41(39)72(64,65)68-35-23-19-31(20-24-35)47(3,4)32-21-25-36(26-22-32)69-73(66,67)42-18-8-6-16-40(42)51-53-44-30(2)55-57(46(44)49)34-12-10-14-38(28-34)71(61,62)63;;/h5-28H,48-49H2,1-4H3,(H,58,59,60)(H,61,62,63);;/q;2*+1/p-2. The largest absolute Gasteiger partial charge is 1.00 e. The summed E-state index contributed by atoms with van der Waals surface area (Å²) in [6.07, 6.45) is 0. The molecule has 2 heterocycles. The van der Waals surface area contributed by atoms with E-state index < -0.39 is 55.7 Å². The van der Waals surface area contributed by atoms with Crippen LogP contribution in [0.1, 0.15) is 36.4 Å². The maximum atomic E-state index is 13.7. The number of anilines is 2. The summed E-state index contributed by atoms with van der Waals surface area (Å²) in [5, 5.41) is 25.2. The molecule has 0 aliphatic rings. The van der Waals surface area contributed by atoms with Crippen LogP contribution in [-0.2, 0) is 45.9 Å². The monoisotopic (exact) mass is 1110 g/mol. The Morgan fingerprint density at radius 2 is 0.840 bits per heavy atom. The molecule has 2 aromatic heterocycles. The smallest absolute Gasteiger partial charge is 0.744 e. The maximum absolute atomic E-state index is 13.7. The number of azo groups is 2. The van der Waals surface area contributed by atoms with Gasteiger partial charge in [0.1, 0.15) is 52.9 Å². The second kappa shape index (κ2) is 22.6. The van der Waals surface area contributed by atoms with Crippen LogP contribution >= 0.6 is 0 Å². The zero-order valence-corrected chi connectivity index (χ0v) is 47.9. The van der Waals surface area contributed by atoms with Crippen molar-refractivity contribution in [2.24, 2.45) is 20.5 Å². The quantitative estimate of drug-likeness (QED) is 0.0607. The normalized spacial score (nSPS) is 12.3. The van der Waals surface area contributed by atoms with Crippen LogP contribution in [0.3, 0.4) is 0 Å². The third kappa shape index (κ3) is 12.8. The molecule has 8 rings (SSSR count). The fraction of sp³-hybridized carbons (Fsp3) is 0.106. The van der Waals surface area contributed by atoms with Crippen molar-refractivity contribution in [3.63, 3.8) is 0 Å². The van der Waals surface area contributed by atoms with Crippen LogP contribution in [0.2, 0.25) is 0 Å². The molecule has 8 aromatic rings. The molecule has 376 valence electrons. The van der Waals surface area contributed by atoms with Gasteiger partial charge in [0, 0.05) is 5.41 Å². The zero-order valence-electron chi connectivity index (χ0n) is 40.6. The average Bonchev–Trinajstić information content (AvgIpc) is 3.80. The number of hydrogen-bond acceptors (Lipinski definition) is 20. The van der Waals surface area contributed by atoms with Gasteiger partial charge in [0.2, 0.25) is 0 Å². The van der Waals surface area contributed by atoms with Gasteiger partial charge < -0.3 is 28.9 Å². The zero-order chi connectivity index (χ0) is 52.7. The summed E-state index contributed by atoms with van der Waals surface area (Å²) in [6.45, 7) is 6.94. The minimum absolute atomic E-state index is 0. The minimum Gasteiger partial charge on any atom is -0.744 e. The van der Waals surface area contributed by atoms with E-state index in [4.69, 9.17) is 19.8 Å². The Hall–Kier alpha value is -6.14. The number of nitrogens with zero attached hydrogens (tertiary/aromatic N) is 8. The van der Waals surface area contributed by atoms with Crippen molar-refractivity contribution in [1.82, 2.24) is 19.6 Å². The molecule has 0 saturated heterocycles. The van der Waals surface area contributed by atoms with Crippen LogP contribution in [0.5, 0.6) is 11.5 Å². The Balaban J connectivity index is 0.00000457. The first-order valence-corrected chi connectivity index (χ1v) is 26.9. The SMILES string of the molecule is Cc1nn(-c2cccc(S(=O)(=O)[O-])c2)c(N)c1N=Nc1ccccc1S(=O)(=O)Oc1ccc(C(C)(C)c2ccc(OS(=O)(=O)c3ccccc3N=Nc3c(C)nn(-c4cccc(S(=O)(=O)[O-])c4)c3N)cc2)cc1.[Na+].[Na+]. The summed E-state index contributed by atoms with van der Waals surface area (Å²) in [5.74, 6) is -0.147. The van der Waals surface area contributed by atoms with Crippen LogP contribution in [0, 0.1) is 13.8 Å². The molecule has 75 heavy (non-hydrogen) atoms. The summed E-state index contributed by atoms with van der Waals surface area (Å²) in [7, 11) is -18.5. The molecule has 0 aliphatic heterocycles. The van der Waals surface area contributed by atoms with Gasteiger partial charge in [0.15, 0.2) is 23.0 Å². The van der Waals surface area contributed by atoms with Crippen molar-refractivity contribution in [2.45, 2.75) is 52.7 Å². The number of rotatable bonds is 16. The van der Waals surface area contributed by atoms with Crippen LogP contribution < -0.4 is 78.9 Å². The van der Waals surface area contributed by atoms with Crippen LogP contribution in [-0.4, -0.2) is 62.3 Å². The fourth-order valence-electron chi connectivity index (χ4n) is 7.33. The molecule has 0 atom stereocenters.